The van der Waals surface area contributed by atoms with Crippen LogP contribution in [0, 0.1) is 12.7 Å². The lowest BCUT2D eigenvalue weighted by Crippen LogP contribution is -2.11. The van der Waals surface area contributed by atoms with E-state index in [1.165, 1.54) is 17.7 Å². The first-order valence-electron chi connectivity index (χ1n) is 6.42. The molecule has 0 atom stereocenters. The van der Waals surface area contributed by atoms with Gasteiger partial charge in [-0.05, 0) is 54.9 Å². The van der Waals surface area contributed by atoms with E-state index in [-0.39, 0.29) is 5.82 Å². The third-order valence-corrected chi connectivity index (χ3v) is 2.86. The molecule has 0 bridgehead atoms. The van der Waals surface area contributed by atoms with Gasteiger partial charge in [0.05, 0.1) is 0 Å². The van der Waals surface area contributed by atoms with Crippen molar-refractivity contribution in [2.75, 3.05) is 6.54 Å². The lowest BCUT2D eigenvalue weighted by molar-refractivity contribution is 0.476. The number of rotatable bonds is 5. The molecular weight excluding hydrogens is 241 g/mol. The molecule has 0 heterocycles. The van der Waals surface area contributed by atoms with Crippen LogP contribution in [0.5, 0.6) is 11.5 Å². The van der Waals surface area contributed by atoms with Crippen molar-refractivity contribution in [2.24, 2.45) is 0 Å². The largest absolute Gasteiger partial charge is 0.457 e. The second kappa shape index (κ2) is 6.34. The number of hydrogen-bond acceptors (Lipinski definition) is 2. The molecule has 1 N–H and O–H groups in total. The summed E-state index contributed by atoms with van der Waals surface area (Å²) in [5.41, 5.74) is 2.30. The lowest BCUT2D eigenvalue weighted by atomic mass is 10.1. The molecule has 0 amide bonds. The summed E-state index contributed by atoms with van der Waals surface area (Å²) < 4.78 is 18.6. The van der Waals surface area contributed by atoms with E-state index in [1.807, 2.05) is 19.1 Å². The summed E-state index contributed by atoms with van der Waals surface area (Å²) in [5, 5.41) is 3.28. The molecule has 19 heavy (non-hydrogen) atoms. The van der Waals surface area contributed by atoms with E-state index >= 15 is 0 Å². The van der Waals surface area contributed by atoms with Crippen molar-refractivity contribution in [1.29, 1.82) is 0 Å². The predicted octanol–water partition coefficient (Wildman–Crippen LogP) is 4.04. The minimum atomic E-state index is -0.259. The maximum absolute atomic E-state index is 12.8. The molecule has 100 valence electrons. The molecule has 2 aromatic carbocycles. The smallest absolute Gasteiger partial charge is 0.130 e. The number of halogens is 1. The van der Waals surface area contributed by atoms with E-state index in [9.17, 15) is 4.39 Å². The summed E-state index contributed by atoms with van der Waals surface area (Å²) >= 11 is 0. The predicted molar refractivity (Wildman–Crippen MR) is 75.0 cm³/mol. The Bertz CT molecular complexity index is 537. The summed E-state index contributed by atoms with van der Waals surface area (Å²) in [6, 6.07) is 12.1. The molecule has 0 aromatic heterocycles. The molecule has 0 aliphatic carbocycles. The van der Waals surface area contributed by atoms with Crippen molar-refractivity contribution in [3.05, 3.63) is 59.4 Å². The maximum Gasteiger partial charge on any atom is 0.130 e. The van der Waals surface area contributed by atoms with E-state index in [4.69, 9.17) is 4.74 Å². The molecule has 0 saturated carbocycles. The Kier molecular flexibility index (Phi) is 4.53. The van der Waals surface area contributed by atoms with Gasteiger partial charge in [-0.3, -0.25) is 0 Å². The highest BCUT2D eigenvalue weighted by atomic mass is 19.1. The van der Waals surface area contributed by atoms with E-state index in [0.29, 0.717) is 5.75 Å². The van der Waals surface area contributed by atoms with Crippen LogP contribution < -0.4 is 10.1 Å². The van der Waals surface area contributed by atoms with Crippen LogP contribution in [0.25, 0.3) is 0 Å². The van der Waals surface area contributed by atoms with E-state index in [2.05, 4.69) is 18.3 Å². The maximum atomic E-state index is 12.8. The second-order valence-corrected chi connectivity index (χ2v) is 4.44. The lowest BCUT2D eigenvalue weighted by Gasteiger charge is -2.10. The quantitative estimate of drug-likeness (QED) is 0.875. The van der Waals surface area contributed by atoms with Crippen LogP contribution in [0.3, 0.4) is 0 Å². The standard InChI is InChI=1S/C16H18FNO/c1-3-18-11-13-4-9-16(12(2)10-13)19-15-7-5-14(17)6-8-15/h4-10,18H,3,11H2,1-2H3. The van der Waals surface area contributed by atoms with Crippen LogP contribution in [-0.2, 0) is 6.54 Å². The Morgan fingerprint density at radius 1 is 1.11 bits per heavy atom. The van der Waals surface area contributed by atoms with Crippen LogP contribution in [0.1, 0.15) is 18.1 Å². The van der Waals surface area contributed by atoms with Crippen LogP contribution in [-0.4, -0.2) is 6.54 Å². The topological polar surface area (TPSA) is 21.3 Å². The average molecular weight is 259 g/mol. The third kappa shape index (κ3) is 3.80. The molecule has 0 spiro atoms. The molecule has 0 unspecified atom stereocenters. The van der Waals surface area contributed by atoms with E-state index in [1.54, 1.807) is 12.1 Å². The zero-order valence-electron chi connectivity index (χ0n) is 11.2. The Morgan fingerprint density at radius 2 is 1.84 bits per heavy atom. The summed E-state index contributed by atoms with van der Waals surface area (Å²) in [7, 11) is 0. The van der Waals surface area contributed by atoms with Gasteiger partial charge in [-0.25, -0.2) is 4.39 Å². The summed E-state index contributed by atoms with van der Waals surface area (Å²) in [5.74, 6) is 1.18. The second-order valence-electron chi connectivity index (χ2n) is 4.44. The molecular formula is C16H18FNO. The van der Waals surface area contributed by atoms with Gasteiger partial charge in [-0.1, -0.05) is 19.1 Å². The first-order valence-corrected chi connectivity index (χ1v) is 6.42. The normalized spacial score (nSPS) is 10.5. The van der Waals surface area contributed by atoms with Crippen molar-refractivity contribution in [3.63, 3.8) is 0 Å². The SMILES string of the molecule is CCNCc1ccc(Oc2ccc(F)cc2)c(C)c1. The Morgan fingerprint density at radius 3 is 2.47 bits per heavy atom. The highest BCUT2D eigenvalue weighted by molar-refractivity contribution is 5.39. The van der Waals surface area contributed by atoms with Crippen molar-refractivity contribution < 1.29 is 9.13 Å². The van der Waals surface area contributed by atoms with Gasteiger partial charge in [0.2, 0.25) is 0 Å². The van der Waals surface area contributed by atoms with Crippen LogP contribution >= 0.6 is 0 Å². The highest BCUT2D eigenvalue weighted by Gasteiger charge is 2.03. The van der Waals surface area contributed by atoms with Gasteiger partial charge in [0.25, 0.3) is 0 Å². The summed E-state index contributed by atoms with van der Waals surface area (Å²) in [4.78, 5) is 0. The zero-order chi connectivity index (χ0) is 13.7. The molecule has 0 saturated heterocycles. The Hall–Kier alpha value is -1.87. The summed E-state index contributed by atoms with van der Waals surface area (Å²) in [6.07, 6.45) is 0. The van der Waals surface area contributed by atoms with E-state index in [0.717, 1.165) is 24.4 Å². The van der Waals surface area contributed by atoms with Crippen molar-refractivity contribution in [3.8, 4) is 11.5 Å². The molecule has 0 radical (unpaired) electrons. The highest BCUT2D eigenvalue weighted by Crippen LogP contribution is 2.25. The minimum absolute atomic E-state index is 0.259. The van der Waals surface area contributed by atoms with Gasteiger partial charge < -0.3 is 10.1 Å². The van der Waals surface area contributed by atoms with Gasteiger partial charge in [-0.15, -0.1) is 0 Å². The van der Waals surface area contributed by atoms with Crippen LogP contribution in [0.2, 0.25) is 0 Å². The molecule has 0 fully saturated rings. The number of aryl methyl sites for hydroxylation is 1. The van der Waals surface area contributed by atoms with Gasteiger partial charge in [0, 0.05) is 6.54 Å². The van der Waals surface area contributed by atoms with E-state index < -0.39 is 0 Å². The first kappa shape index (κ1) is 13.6. The van der Waals surface area contributed by atoms with Crippen molar-refractivity contribution >= 4 is 0 Å². The van der Waals surface area contributed by atoms with Crippen LogP contribution in [0.15, 0.2) is 42.5 Å². The van der Waals surface area contributed by atoms with Gasteiger partial charge >= 0.3 is 0 Å². The monoisotopic (exact) mass is 259 g/mol. The molecule has 2 nitrogen and oxygen atoms in total. The number of ether oxygens (including phenoxy) is 1. The zero-order valence-corrected chi connectivity index (χ0v) is 11.2. The third-order valence-electron chi connectivity index (χ3n) is 2.86. The molecule has 2 aromatic rings. The van der Waals surface area contributed by atoms with Crippen molar-refractivity contribution in [1.82, 2.24) is 5.32 Å². The fourth-order valence-corrected chi connectivity index (χ4v) is 1.83. The van der Waals surface area contributed by atoms with Crippen LogP contribution in [0.4, 0.5) is 4.39 Å². The first-order chi connectivity index (χ1) is 9.19. The van der Waals surface area contributed by atoms with Gasteiger partial charge in [0.1, 0.15) is 17.3 Å². The molecule has 3 heteroatoms. The fraction of sp³-hybridized carbons (Fsp3) is 0.250. The number of hydrogen-bond donors (Lipinski definition) is 1. The van der Waals surface area contributed by atoms with Gasteiger partial charge in [-0.2, -0.15) is 0 Å². The Labute approximate surface area is 113 Å². The molecule has 2 rings (SSSR count). The average Bonchev–Trinajstić information content (AvgIpc) is 2.41. The van der Waals surface area contributed by atoms with Gasteiger partial charge in [0.15, 0.2) is 0 Å². The minimum Gasteiger partial charge on any atom is -0.457 e. The summed E-state index contributed by atoms with van der Waals surface area (Å²) in [6.45, 7) is 5.90. The fourth-order valence-electron chi connectivity index (χ4n) is 1.83. The van der Waals surface area contributed by atoms with Crippen molar-refractivity contribution in [2.45, 2.75) is 20.4 Å². The Balaban J connectivity index is 2.10. The molecule has 0 aliphatic heterocycles. The molecule has 0 aliphatic rings. The number of nitrogens with one attached hydrogen (secondary N) is 1. The number of benzene rings is 2.